The van der Waals surface area contributed by atoms with Crippen LogP contribution < -0.4 is 4.90 Å². The van der Waals surface area contributed by atoms with Gasteiger partial charge in [-0.05, 0) is 56.2 Å². The van der Waals surface area contributed by atoms with Crippen molar-refractivity contribution >= 4 is 17.3 Å². The molecule has 0 heterocycles. The summed E-state index contributed by atoms with van der Waals surface area (Å²) in [5.41, 5.74) is 4.30. The lowest BCUT2D eigenvalue weighted by molar-refractivity contribution is 0.0697. The Kier molecular flexibility index (Phi) is 4.08. The number of anilines is 2. The molecule has 104 valence electrons. The smallest absolute Gasteiger partial charge is 0.337 e. The Morgan fingerprint density at radius 1 is 1.10 bits per heavy atom. The van der Waals surface area contributed by atoms with Gasteiger partial charge < -0.3 is 10.0 Å². The van der Waals surface area contributed by atoms with Gasteiger partial charge in [-0.25, -0.2) is 4.79 Å². The number of hydrogen-bond acceptors (Lipinski definition) is 2. The molecule has 0 aliphatic rings. The van der Waals surface area contributed by atoms with Crippen LogP contribution in [0.25, 0.3) is 0 Å². The Hall–Kier alpha value is -2.29. The van der Waals surface area contributed by atoms with Gasteiger partial charge in [-0.3, -0.25) is 0 Å². The molecule has 1 N–H and O–H groups in total. The average molecular weight is 269 g/mol. The van der Waals surface area contributed by atoms with Crippen LogP contribution >= 0.6 is 0 Å². The summed E-state index contributed by atoms with van der Waals surface area (Å²) in [6, 6.07) is 13.5. The Labute approximate surface area is 119 Å². The maximum absolute atomic E-state index is 11.4. The molecule has 0 spiro atoms. The van der Waals surface area contributed by atoms with Gasteiger partial charge in [0, 0.05) is 12.2 Å². The maximum atomic E-state index is 11.4. The van der Waals surface area contributed by atoms with Gasteiger partial charge in [-0.2, -0.15) is 0 Å². The highest BCUT2D eigenvalue weighted by molar-refractivity contribution is 5.95. The number of carbonyl (C=O) groups is 1. The largest absolute Gasteiger partial charge is 0.478 e. The molecule has 3 nitrogen and oxygen atoms in total. The second kappa shape index (κ2) is 5.78. The van der Waals surface area contributed by atoms with Gasteiger partial charge in [0.2, 0.25) is 0 Å². The van der Waals surface area contributed by atoms with Gasteiger partial charge in [-0.1, -0.05) is 18.2 Å². The summed E-state index contributed by atoms with van der Waals surface area (Å²) in [6.07, 6.45) is 0. The minimum Gasteiger partial charge on any atom is -0.478 e. The highest BCUT2D eigenvalue weighted by atomic mass is 16.4. The average Bonchev–Trinajstić information content (AvgIpc) is 2.39. The van der Waals surface area contributed by atoms with Crippen LogP contribution in [-0.4, -0.2) is 17.6 Å². The fourth-order valence-corrected chi connectivity index (χ4v) is 2.33. The summed E-state index contributed by atoms with van der Waals surface area (Å²) < 4.78 is 0. The minimum absolute atomic E-state index is 0.332. The van der Waals surface area contributed by atoms with E-state index < -0.39 is 5.97 Å². The molecule has 0 unspecified atom stereocenters. The number of benzene rings is 2. The molecule has 0 fully saturated rings. The molecule has 0 radical (unpaired) electrons. The monoisotopic (exact) mass is 269 g/mol. The van der Waals surface area contributed by atoms with E-state index in [1.165, 1.54) is 0 Å². The van der Waals surface area contributed by atoms with Gasteiger partial charge >= 0.3 is 5.97 Å². The molecule has 0 aliphatic carbocycles. The standard InChI is InChI=1S/C17H19NO2/c1-4-18(14-7-5-6-12(2)10-14)16-11-13(3)8-9-15(16)17(19)20/h5-11H,4H2,1-3H3,(H,19,20). The molecule has 0 aromatic heterocycles. The quantitative estimate of drug-likeness (QED) is 0.906. The number of aryl methyl sites for hydroxylation is 2. The highest BCUT2D eigenvalue weighted by Crippen LogP contribution is 2.30. The molecule has 0 aliphatic heterocycles. The van der Waals surface area contributed by atoms with Crippen LogP contribution in [0.5, 0.6) is 0 Å². The van der Waals surface area contributed by atoms with E-state index in [2.05, 4.69) is 6.07 Å². The lowest BCUT2D eigenvalue weighted by Gasteiger charge is -2.25. The Morgan fingerprint density at radius 3 is 2.40 bits per heavy atom. The summed E-state index contributed by atoms with van der Waals surface area (Å²) >= 11 is 0. The van der Waals surface area contributed by atoms with Crippen molar-refractivity contribution in [2.24, 2.45) is 0 Å². The fraction of sp³-hybridized carbons (Fsp3) is 0.235. The van der Waals surface area contributed by atoms with Crippen LogP contribution in [0, 0.1) is 13.8 Å². The molecule has 0 amide bonds. The molecule has 0 bridgehead atoms. The normalized spacial score (nSPS) is 10.3. The first-order chi connectivity index (χ1) is 9.52. The molecule has 0 saturated carbocycles. The van der Waals surface area contributed by atoms with Gasteiger partial charge in [0.25, 0.3) is 0 Å². The highest BCUT2D eigenvalue weighted by Gasteiger charge is 2.16. The second-order valence-electron chi connectivity index (χ2n) is 4.91. The number of aromatic carboxylic acids is 1. The molecular weight excluding hydrogens is 250 g/mol. The first-order valence-corrected chi connectivity index (χ1v) is 6.71. The zero-order valence-electron chi connectivity index (χ0n) is 12.1. The maximum Gasteiger partial charge on any atom is 0.337 e. The van der Waals surface area contributed by atoms with Crippen LogP contribution in [0.15, 0.2) is 42.5 Å². The number of rotatable bonds is 4. The van der Waals surface area contributed by atoms with E-state index in [9.17, 15) is 9.90 Å². The number of hydrogen-bond donors (Lipinski definition) is 1. The van der Waals surface area contributed by atoms with Crippen molar-refractivity contribution in [3.8, 4) is 0 Å². The lowest BCUT2D eigenvalue weighted by atomic mass is 10.1. The molecule has 0 atom stereocenters. The molecule has 0 saturated heterocycles. The van der Waals surface area contributed by atoms with Crippen molar-refractivity contribution in [1.82, 2.24) is 0 Å². The van der Waals surface area contributed by atoms with Gasteiger partial charge in [0.15, 0.2) is 0 Å². The third kappa shape index (κ3) is 2.82. The predicted molar refractivity (Wildman–Crippen MR) is 82.0 cm³/mol. The molecular formula is C17H19NO2. The van der Waals surface area contributed by atoms with Gasteiger partial charge in [-0.15, -0.1) is 0 Å². The van der Waals surface area contributed by atoms with Crippen molar-refractivity contribution < 1.29 is 9.90 Å². The van der Waals surface area contributed by atoms with Crippen LogP contribution in [0.3, 0.4) is 0 Å². The van der Waals surface area contributed by atoms with Gasteiger partial charge in [0.1, 0.15) is 0 Å². The summed E-state index contributed by atoms with van der Waals surface area (Å²) in [4.78, 5) is 13.5. The SMILES string of the molecule is CCN(c1cccc(C)c1)c1cc(C)ccc1C(=O)O. The molecule has 20 heavy (non-hydrogen) atoms. The summed E-state index contributed by atoms with van der Waals surface area (Å²) in [7, 11) is 0. The van der Waals surface area contributed by atoms with Crippen molar-refractivity contribution in [2.45, 2.75) is 20.8 Å². The first-order valence-electron chi connectivity index (χ1n) is 6.71. The molecule has 2 rings (SSSR count). The molecule has 2 aromatic carbocycles. The van der Waals surface area contributed by atoms with Gasteiger partial charge in [0.05, 0.1) is 11.3 Å². The van der Waals surface area contributed by atoms with E-state index in [1.807, 2.05) is 56.0 Å². The van der Waals surface area contributed by atoms with Crippen LogP contribution in [0.2, 0.25) is 0 Å². The number of nitrogens with zero attached hydrogens (tertiary/aromatic N) is 1. The van der Waals surface area contributed by atoms with Crippen LogP contribution in [-0.2, 0) is 0 Å². The van der Waals surface area contributed by atoms with Crippen molar-refractivity contribution in [2.75, 3.05) is 11.4 Å². The predicted octanol–water partition coefficient (Wildman–Crippen LogP) is 4.16. The molecule has 2 aromatic rings. The van der Waals surface area contributed by atoms with Crippen LogP contribution in [0.4, 0.5) is 11.4 Å². The Morgan fingerprint density at radius 2 is 1.80 bits per heavy atom. The minimum atomic E-state index is -0.897. The van der Waals surface area contributed by atoms with E-state index >= 15 is 0 Å². The Bertz CT molecular complexity index is 635. The van der Waals surface area contributed by atoms with E-state index in [4.69, 9.17) is 0 Å². The lowest BCUT2D eigenvalue weighted by Crippen LogP contribution is -2.19. The van der Waals surface area contributed by atoms with Crippen molar-refractivity contribution in [1.29, 1.82) is 0 Å². The summed E-state index contributed by atoms with van der Waals surface area (Å²) in [5, 5.41) is 9.38. The third-order valence-electron chi connectivity index (χ3n) is 3.30. The topological polar surface area (TPSA) is 40.5 Å². The molecule has 3 heteroatoms. The summed E-state index contributed by atoms with van der Waals surface area (Å²) in [6.45, 7) is 6.74. The van der Waals surface area contributed by atoms with Crippen molar-refractivity contribution in [3.05, 3.63) is 59.2 Å². The zero-order valence-corrected chi connectivity index (χ0v) is 12.1. The number of carboxylic acids is 1. The van der Waals surface area contributed by atoms with Crippen molar-refractivity contribution in [3.63, 3.8) is 0 Å². The van der Waals surface area contributed by atoms with Crippen LogP contribution in [0.1, 0.15) is 28.4 Å². The van der Waals surface area contributed by atoms with E-state index in [1.54, 1.807) is 6.07 Å². The van der Waals surface area contributed by atoms with E-state index in [-0.39, 0.29) is 0 Å². The summed E-state index contributed by atoms with van der Waals surface area (Å²) in [5.74, 6) is -0.897. The zero-order chi connectivity index (χ0) is 14.7. The fourth-order valence-electron chi connectivity index (χ4n) is 2.33. The second-order valence-corrected chi connectivity index (χ2v) is 4.91. The van der Waals surface area contributed by atoms with E-state index in [0.29, 0.717) is 12.1 Å². The first kappa shape index (κ1) is 14.1. The number of carboxylic acid groups (broad SMARTS) is 1. The Balaban J connectivity index is 2.57. The third-order valence-corrected chi connectivity index (χ3v) is 3.30. The van der Waals surface area contributed by atoms with E-state index in [0.717, 1.165) is 22.5 Å².